The van der Waals surface area contributed by atoms with Gasteiger partial charge in [-0.05, 0) is 65.3 Å². The second kappa shape index (κ2) is 11.2. The highest BCUT2D eigenvalue weighted by molar-refractivity contribution is 5.93. The second-order valence-electron chi connectivity index (χ2n) is 8.43. The lowest BCUT2D eigenvalue weighted by molar-refractivity contribution is 0.0887. The highest BCUT2D eigenvalue weighted by Gasteiger charge is 2.29. The van der Waals surface area contributed by atoms with E-state index in [1.54, 1.807) is 0 Å². The molecule has 2 N–H and O–H groups in total. The van der Waals surface area contributed by atoms with Gasteiger partial charge in [-0.2, -0.15) is 0 Å². The third-order valence-electron chi connectivity index (χ3n) is 5.01. The van der Waals surface area contributed by atoms with Crippen molar-refractivity contribution in [2.24, 2.45) is 5.41 Å². The fraction of sp³-hybridized carbons (Fsp3) is 0.833. The van der Waals surface area contributed by atoms with Crippen molar-refractivity contribution < 1.29 is 4.79 Å². The standard InChI is InChI=1S/C18H34N6O.2ClH/c1-13-16(21-22-24(13)14-7-10-19-11-8-14)17(25)20-15(18(2,3)4)9-12-23(5)6;;/h14-15,19H,7-12H2,1-6H3,(H,20,25);2*1H. The first-order valence-electron chi connectivity index (χ1n) is 9.28. The predicted octanol–water partition coefficient (Wildman–Crippen LogP) is 2.45. The van der Waals surface area contributed by atoms with Gasteiger partial charge in [0.25, 0.3) is 5.91 Å². The van der Waals surface area contributed by atoms with Crippen LogP contribution in [0.1, 0.15) is 62.3 Å². The minimum atomic E-state index is -0.114. The number of piperidine rings is 1. The molecule has 1 fully saturated rings. The molecule has 0 spiro atoms. The summed E-state index contributed by atoms with van der Waals surface area (Å²) in [4.78, 5) is 15.0. The average molecular weight is 423 g/mol. The molecular formula is C18H36Cl2N6O. The van der Waals surface area contributed by atoms with Gasteiger partial charge in [-0.3, -0.25) is 4.79 Å². The van der Waals surface area contributed by atoms with Crippen molar-refractivity contribution in [2.45, 2.75) is 59.0 Å². The summed E-state index contributed by atoms with van der Waals surface area (Å²) in [6.07, 6.45) is 2.96. The van der Waals surface area contributed by atoms with Crippen molar-refractivity contribution in [3.63, 3.8) is 0 Å². The quantitative estimate of drug-likeness (QED) is 0.735. The van der Waals surface area contributed by atoms with Gasteiger partial charge < -0.3 is 15.5 Å². The van der Waals surface area contributed by atoms with Gasteiger partial charge in [-0.1, -0.05) is 26.0 Å². The van der Waals surface area contributed by atoms with Crippen LogP contribution >= 0.6 is 24.8 Å². The van der Waals surface area contributed by atoms with Crippen LogP contribution in [0.25, 0.3) is 0 Å². The van der Waals surface area contributed by atoms with Crippen molar-refractivity contribution >= 4 is 30.7 Å². The molecule has 0 aliphatic carbocycles. The molecule has 0 saturated carbocycles. The minimum Gasteiger partial charge on any atom is -0.347 e. The van der Waals surface area contributed by atoms with Crippen molar-refractivity contribution in [1.29, 1.82) is 0 Å². The lowest BCUT2D eigenvalue weighted by atomic mass is 9.84. The lowest BCUT2D eigenvalue weighted by Crippen LogP contribution is -2.45. The molecule has 1 aromatic heterocycles. The van der Waals surface area contributed by atoms with E-state index in [1.165, 1.54) is 0 Å². The molecular weight excluding hydrogens is 387 g/mol. The van der Waals surface area contributed by atoms with Crippen LogP contribution in [-0.4, -0.2) is 65.6 Å². The van der Waals surface area contributed by atoms with E-state index in [1.807, 2.05) is 11.6 Å². The molecule has 158 valence electrons. The monoisotopic (exact) mass is 422 g/mol. The third kappa shape index (κ3) is 7.22. The number of carbonyl (C=O) groups is 1. The van der Waals surface area contributed by atoms with Crippen molar-refractivity contribution in [1.82, 2.24) is 30.5 Å². The smallest absolute Gasteiger partial charge is 0.273 e. The molecule has 1 aliphatic heterocycles. The topological polar surface area (TPSA) is 75.1 Å². The number of aromatic nitrogens is 3. The van der Waals surface area contributed by atoms with Crippen LogP contribution in [0, 0.1) is 12.3 Å². The highest BCUT2D eigenvalue weighted by atomic mass is 35.5. The number of amides is 1. The molecule has 1 saturated heterocycles. The van der Waals surface area contributed by atoms with Gasteiger partial charge in [0.15, 0.2) is 5.69 Å². The largest absolute Gasteiger partial charge is 0.347 e. The Labute approximate surface area is 175 Å². The summed E-state index contributed by atoms with van der Waals surface area (Å²) in [6.45, 7) is 11.3. The van der Waals surface area contributed by atoms with E-state index in [2.05, 4.69) is 60.7 Å². The molecule has 7 nitrogen and oxygen atoms in total. The predicted molar refractivity (Wildman–Crippen MR) is 114 cm³/mol. The van der Waals surface area contributed by atoms with Crippen LogP contribution in [-0.2, 0) is 0 Å². The normalized spacial score (nSPS) is 16.4. The van der Waals surface area contributed by atoms with Crippen molar-refractivity contribution in [2.75, 3.05) is 33.7 Å². The Morgan fingerprint density at radius 2 is 1.89 bits per heavy atom. The van der Waals surface area contributed by atoms with Crippen molar-refractivity contribution in [3.8, 4) is 0 Å². The summed E-state index contributed by atoms with van der Waals surface area (Å²) in [5.41, 5.74) is 1.31. The summed E-state index contributed by atoms with van der Waals surface area (Å²) >= 11 is 0. The summed E-state index contributed by atoms with van der Waals surface area (Å²) in [5, 5.41) is 15.0. The van der Waals surface area contributed by atoms with Crippen LogP contribution in [0.3, 0.4) is 0 Å². The van der Waals surface area contributed by atoms with E-state index in [-0.39, 0.29) is 42.2 Å². The van der Waals surface area contributed by atoms with Gasteiger partial charge in [-0.25, -0.2) is 4.68 Å². The maximum Gasteiger partial charge on any atom is 0.273 e. The van der Waals surface area contributed by atoms with E-state index >= 15 is 0 Å². The second-order valence-corrected chi connectivity index (χ2v) is 8.43. The fourth-order valence-corrected chi connectivity index (χ4v) is 3.28. The number of nitrogens with one attached hydrogen (secondary N) is 2. The molecule has 0 aromatic carbocycles. The SMILES string of the molecule is Cc1c(C(=O)NC(CCN(C)C)C(C)(C)C)nnn1C1CCNCC1.Cl.Cl. The molecule has 0 bridgehead atoms. The Morgan fingerprint density at radius 1 is 1.30 bits per heavy atom. The lowest BCUT2D eigenvalue weighted by Gasteiger charge is -2.32. The van der Waals surface area contributed by atoms with Crippen LogP contribution in [0.4, 0.5) is 0 Å². The number of rotatable bonds is 6. The maximum atomic E-state index is 12.8. The van der Waals surface area contributed by atoms with Crippen molar-refractivity contribution in [3.05, 3.63) is 11.4 Å². The van der Waals surface area contributed by atoms with Gasteiger partial charge in [0, 0.05) is 6.04 Å². The summed E-state index contributed by atoms with van der Waals surface area (Å²) in [6, 6.07) is 0.424. The number of carbonyl (C=O) groups excluding carboxylic acids is 1. The number of nitrogens with zero attached hydrogens (tertiary/aromatic N) is 4. The van der Waals surface area contributed by atoms with Gasteiger partial charge in [0.1, 0.15) is 0 Å². The Bertz CT molecular complexity index is 579. The first kappa shape index (κ1) is 26.1. The van der Waals surface area contributed by atoms with Crippen LogP contribution in [0.2, 0.25) is 0 Å². The minimum absolute atomic E-state index is 0. The Morgan fingerprint density at radius 3 is 2.41 bits per heavy atom. The molecule has 2 rings (SSSR count). The van der Waals surface area contributed by atoms with Crippen LogP contribution < -0.4 is 10.6 Å². The highest BCUT2D eigenvalue weighted by Crippen LogP contribution is 2.24. The average Bonchev–Trinajstić information content (AvgIpc) is 2.92. The van der Waals surface area contributed by atoms with Gasteiger partial charge in [-0.15, -0.1) is 29.9 Å². The molecule has 1 amide bonds. The molecule has 1 unspecified atom stereocenters. The summed E-state index contributed by atoms with van der Waals surface area (Å²) in [7, 11) is 4.10. The summed E-state index contributed by atoms with van der Waals surface area (Å²) < 4.78 is 1.93. The van der Waals surface area contributed by atoms with Crippen LogP contribution in [0.5, 0.6) is 0 Å². The Kier molecular flexibility index (Phi) is 10.8. The van der Waals surface area contributed by atoms with Crippen LogP contribution in [0.15, 0.2) is 0 Å². The number of halogens is 2. The zero-order chi connectivity index (χ0) is 18.6. The molecule has 2 heterocycles. The van der Waals surface area contributed by atoms with Gasteiger partial charge in [0.2, 0.25) is 0 Å². The number of hydrogen-bond donors (Lipinski definition) is 2. The summed E-state index contributed by atoms with van der Waals surface area (Å²) in [5.74, 6) is -0.114. The third-order valence-corrected chi connectivity index (χ3v) is 5.01. The van der Waals surface area contributed by atoms with Gasteiger partial charge >= 0.3 is 0 Å². The molecule has 1 aromatic rings. The number of hydrogen-bond acceptors (Lipinski definition) is 5. The first-order valence-corrected chi connectivity index (χ1v) is 9.28. The first-order chi connectivity index (χ1) is 11.7. The van der Waals surface area contributed by atoms with E-state index in [0.29, 0.717) is 11.7 Å². The fourth-order valence-electron chi connectivity index (χ4n) is 3.28. The molecule has 1 atom stereocenters. The Hall–Kier alpha value is -0.890. The van der Waals surface area contributed by atoms with E-state index in [9.17, 15) is 4.79 Å². The van der Waals surface area contributed by atoms with E-state index < -0.39 is 0 Å². The zero-order valence-electron chi connectivity index (χ0n) is 17.4. The zero-order valence-corrected chi connectivity index (χ0v) is 19.0. The van der Waals surface area contributed by atoms with Gasteiger partial charge in [0.05, 0.1) is 11.7 Å². The molecule has 27 heavy (non-hydrogen) atoms. The maximum absolute atomic E-state index is 12.8. The Balaban J connectivity index is 0.00000338. The van der Waals surface area contributed by atoms with E-state index in [4.69, 9.17) is 0 Å². The van der Waals surface area contributed by atoms with E-state index in [0.717, 1.165) is 44.6 Å². The molecule has 9 heteroatoms. The molecule has 0 radical (unpaired) electrons. The molecule has 1 aliphatic rings.